The number of esters is 2. The molecule has 1 unspecified atom stereocenters. The third kappa shape index (κ3) is 5.84. The lowest BCUT2D eigenvalue weighted by Crippen LogP contribution is -2.63. The first kappa shape index (κ1) is 31.4. The van der Waals surface area contributed by atoms with Crippen molar-refractivity contribution in [3.63, 3.8) is 0 Å². The molecule has 1 saturated heterocycles. The lowest BCUT2D eigenvalue weighted by atomic mass is 9.91. The van der Waals surface area contributed by atoms with E-state index in [-0.39, 0.29) is 16.3 Å². The van der Waals surface area contributed by atoms with E-state index < -0.39 is 44.6 Å². The summed E-state index contributed by atoms with van der Waals surface area (Å²) in [6.45, 7) is 12.6. The average Bonchev–Trinajstić information content (AvgIpc) is 3.12. The smallest absolute Gasteiger partial charge is 0.345 e. The van der Waals surface area contributed by atoms with E-state index in [1.807, 2.05) is 27.7 Å². The Hall–Kier alpha value is -3.08. The van der Waals surface area contributed by atoms with Crippen LogP contribution in [0.3, 0.4) is 0 Å². The van der Waals surface area contributed by atoms with E-state index in [0.717, 1.165) is 24.1 Å². The van der Waals surface area contributed by atoms with Gasteiger partial charge in [0, 0.05) is 5.02 Å². The van der Waals surface area contributed by atoms with E-state index in [2.05, 4.69) is 0 Å². The summed E-state index contributed by atoms with van der Waals surface area (Å²) in [6.07, 6.45) is 0. The second-order valence-electron chi connectivity index (χ2n) is 11.6. The molecule has 1 fully saturated rings. The van der Waals surface area contributed by atoms with E-state index in [9.17, 15) is 18.0 Å². The van der Waals surface area contributed by atoms with Crippen LogP contribution in [0.5, 0.6) is 0 Å². The Labute approximate surface area is 241 Å². The summed E-state index contributed by atoms with van der Waals surface area (Å²) in [5.74, 6) is -2.35. The molecule has 1 aliphatic heterocycles. The third-order valence-corrected chi connectivity index (χ3v) is 8.12. The maximum Gasteiger partial charge on any atom is 0.345 e. The molecule has 11 heteroatoms. The lowest BCUT2D eigenvalue weighted by molar-refractivity contribution is -0.162. The number of aryl methyl sites for hydroxylation is 1. The van der Waals surface area contributed by atoms with Crippen LogP contribution in [0.1, 0.15) is 58.7 Å². The van der Waals surface area contributed by atoms with Gasteiger partial charge in [0.2, 0.25) is 10.0 Å². The molecule has 0 N–H and O–H groups in total. The van der Waals surface area contributed by atoms with Crippen molar-refractivity contribution in [2.45, 2.75) is 76.0 Å². The van der Waals surface area contributed by atoms with Gasteiger partial charge in [-0.05, 0) is 78.3 Å². The predicted molar refractivity (Wildman–Crippen MR) is 156 cm³/mol. The number of halogens is 1. The van der Waals surface area contributed by atoms with Gasteiger partial charge in [-0.1, -0.05) is 41.4 Å². The molecule has 1 heterocycles. The van der Waals surface area contributed by atoms with Crippen LogP contribution in [0.15, 0.2) is 63.4 Å². The van der Waals surface area contributed by atoms with Crippen molar-refractivity contribution in [3.05, 3.63) is 64.7 Å². The summed E-state index contributed by atoms with van der Waals surface area (Å²) in [7, 11) is -2.48. The number of carbonyl (C=O) groups excluding carboxylic acids is 2. The van der Waals surface area contributed by atoms with Crippen LogP contribution in [-0.4, -0.2) is 66.9 Å². The maximum atomic E-state index is 14.7. The zero-order valence-electron chi connectivity index (χ0n) is 24.3. The third-order valence-electron chi connectivity index (χ3n) is 6.02. The Balaban J connectivity index is 2.68. The van der Waals surface area contributed by atoms with Crippen LogP contribution in [-0.2, 0) is 29.1 Å². The second kappa shape index (κ2) is 11.1. The number of aliphatic imine (C=N–C) groups is 2. The minimum Gasteiger partial charge on any atom is -0.467 e. The zero-order chi connectivity index (χ0) is 30.3. The Morgan fingerprint density at radius 2 is 1.43 bits per heavy atom. The molecule has 0 aromatic heterocycles. The molecule has 0 radical (unpaired) electrons. The van der Waals surface area contributed by atoms with Crippen molar-refractivity contribution in [2.24, 2.45) is 9.98 Å². The molecule has 216 valence electrons. The summed E-state index contributed by atoms with van der Waals surface area (Å²) >= 11 is 6.37. The summed E-state index contributed by atoms with van der Waals surface area (Å²) in [6, 6.07) is 11.3. The first-order valence-electron chi connectivity index (χ1n) is 12.6. The minimum atomic E-state index is -4.63. The highest BCUT2D eigenvalue weighted by Gasteiger charge is 2.71. The van der Waals surface area contributed by atoms with E-state index in [1.165, 1.54) is 12.1 Å². The number of ether oxygens (including phenoxy) is 2. The van der Waals surface area contributed by atoms with Gasteiger partial charge >= 0.3 is 11.9 Å². The molecule has 2 aromatic carbocycles. The van der Waals surface area contributed by atoms with Gasteiger partial charge < -0.3 is 9.47 Å². The Kier molecular flexibility index (Phi) is 8.70. The fourth-order valence-corrected chi connectivity index (χ4v) is 6.54. The SMILES string of the molecule is COC(=O)C1(C(=O)OC)C(=NC(C)(C)C)C(=NC(C)(C)C)C(c2cccc(Cl)c2)N1S(=O)(=O)c1ccc(C)cc1. The zero-order valence-corrected chi connectivity index (χ0v) is 25.8. The molecule has 0 aliphatic carbocycles. The van der Waals surface area contributed by atoms with Crippen LogP contribution in [0.2, 0.25) is 5.02 Å². The van der Waals surface area contributed by atoms with Crippen molar-refractivity contribution in [2.75, 3.05) is 14.2 Å². The van der Waals surface area contributed by atoms with Crippen LogP contribution in [0.4, 0.5) is 0 Å². The first-order valence-corrected chi connectivity index (χ1v) is 14.5. The van der Waals surface area contributed by atoms with E-state index in [1.54, 1.807) is 57.2 Å². The number of nitrogens with zero attached hydrogens (tertiary/aromatic N) is 3. The quantitative estimate of drug-likeness (QED) is 0.360. The normalized spacial score (nSPS) is 20.1. The van der Waals surface area contributed by atoms with E-state index in [0.29, 0.717) is 10.6 Å². The van der Waals surface area contributed by atoms with Crippen molar-refractivity contribution < 1.29 is 27.5 Å². The Morgan fingerprint density at radius 3 is 1.88 bits per heavy atom. The topological polar surface area (TPSA) is 115 Å². The molecule has 0 bridgehead atoms. The summed E-state index contributed by atoms with van der Waals surface area (Å²) < 4.78 is 40.5. The van der Waals surface area contributed by atoms with Crippen LogP contribution < -0.4 is 0 Å². The largest absolute Gasteiger partial charge is 0.467 e. The molecule has 0 spiro atoms. The molecular weight excluding hydrogens is 554 g/mol. The van der Waals surface area contributed by atoms with Crippen LogP contribution in [0.25, 0.3) is 0 Å². The van der Waals surface area contributed by atoms with Crippen molar-refractivity contribution >= 4 is 45.0 Å². The lowest BCUT2D eigenvalue weighted by Gasteiger charge is -2.35. The molecule has 40 heavy (non-hydrogen) atoms. The summed E-state index contributed by atoms with van der Waals surface area (Å²) in [4.78, 5) is 37.4. The van der Waals surface area contributed by atoms with Gasteiger partial charge in [0.25, 0.3) is 5.54 Å². The Bertz CT molecular complexity index is 1450. The standard InChI is InChI=1S/C29H36ClN3O6S/c1-18-13-15-21(16-14-18)40(36,37)33-23(19-11-10-12-20(30)17-19)22(31-27(2,3)4)24(32-28(5,6)7)29(33,25(34)38-8)26(35)39-9/h10-17,23H,1-9H3. The summed E-state index contributed by atoms with van der Waals surface area (Å²) in [5.41, 5.74) is -3.16. The average molecular weight is 590 g/mol. The van der Waals surface area contributed by atoms with Gasteiger partial charge in [-0.2, -0.15) is 4.31 Å². The minimum absolute atomic E-state index is 0.108. The van der Waals surface area contributed by atoms with Gasteiger partial charge in [0.15, 0.2) is 0 Å². The van der Waals surface area contributed by atoms with E-state index in [4.69, 9.17) is 31.1 Å². The van der Waals surface area contributed by atoms with Gasteiger partial charge in [-0.3, -0.25) is 9.98 Å². The molecule has 2 aromatic rings. The number of hydrogen-bond acceptors (Lipinski definition) is 8. The van der Waals surface area contributed by atoms with Gasteiger partial charge in [0.1, 0.15) is 5.71 Å². The highest BCUT2D eigenvalue weighted by molar-refractivity contribution is 7.89. The highest BCUT2D eigenvalue weighted by atomic mass is 35.5. The van der Waals surface area contributed by atoms with Gasteiger partial charge in [-0.25, -0.2) is 18.0 Å². The van der Waals surface area contributed by atoms with Crippen LogP contribution in [0, 0.1) is 6.92 Å². The number of sulfonamides is 1. The predicted octanol–water partition coefficient (Wildman–Crippen LogP) is 4.96. The fraction of sp³-hybridized carbons (Fsp3) is 0.448. The molecular formula is C29H36ClN3O6S. The summed E-state index contributed by atoms with van der Waals surface area (Å²) in [5, 5.41) is 0.322. The molecule has 0 saturated carbocycles. The van der Waals surface area contributed by atoms with Gasteiger partial charge in [-0.15, -0.1) is 0 Å². The molecule has 1 atom stereocenters. The Morgan fingerprint density at radius 1 is 0.900 bits per heavy atom. The number of methoxy groups -OCH3 is 2. The van der Waals surface area contributed by atoms with Crippen LogP contribution >= 0.6 is 11.6 Å². The van der Waals surface area contributed by atoms with E-state index >= 15 is 0 Å². The second-order valence-corrected chi connectivity index (χ2v) is 13.8. The first-order chi connectivity index (χ1) is 18.4. The highest BCUT2D eigenvalue weighted by Crippen LogP contribution is 2.46. The van der Waals surface area contributed by atoms with Gasteiger partial charge in [0.05, 0.1) is 41.9 Å². The molecule has 3 rings (SSSR count). The molecule has 0 amide bonds. The fourth-order valence-electron chi connectivity index (χ4n) is 4.54. The number of hydrogen-bond donors (Lipinski definition) is 0. The number of carbonyl (C=O) groups is 2. The number of benzene rings is 2. The maximum absolute atomic E-state index is 14.7. The molecule has 9 nitrogen and oxygen atoms in total. The van der Waals surface area contributed by atoms with Crippen molar-refractivity contribution in [1.29, 1.82) is 0 Å². The molecule has 1 aliphatic rings. The van der Waals surface area contributed by atoms with Crippen molar-refractivity contribution in [3.8, 4) is 0 Å². The van der Waals surface area contributed by atoms with Crippen molar-refractivity contribution in [1.82, 2.24) is 4.31 Å². The monoisotopic (exact) mass is 589 g/mol. The number of rotatable bonds is 5.